The summed E-state index contributed by atoms with van der Waals surface area (Å²) in [7, 11) is 2.24. The number of piperazine rings is 1. The first-order valence-electron chi connectivity index (χ1n) is 9.06. The Kier molecular flexibility index (Phi) is 5.39. The molecule has 3 heterocycles. The van der Waals surface area contributed by atoms with Crippen LogP contribution >= 0.6 is 0 Å². The molecular formula is C18H31N3O2. The van der Waals surface area contributed by atoms with E-state index in [9.17, 15) is 4.79 Å². The van der Waals surface area contributed by atoms with E-state index in [4.69, 9.17) is 4.74 Å². The van der Waals surface area contributed by atoms with E-state index in [0.717, 1.165) is 65.1 Å². The third-order valence-electron chi connectivity index (χ3n) is 6.09. The Morgan fingerprint density at radius 1 is 1.26 bits per heavy atom. The molecule has 0 saturated carbocycles. The molecule has 0 aromatic carbocycles. The second-order valence-corrected chi connectivity index (χ2v) is 7.34. The number of carbonyl (C=O) groups excluding carboxylic acids is 1. The predicted molar refractivity (Wildman–Crippen MR) is 91.4 cm³/mol. The summed E-state index contributed by atoms with van der Waals surface area (Å²) in [6, 6.07) is 0.664. The van der Waals surface area contributed by atoms with Crippen molar-refractivity contribution < 1.29 is 9.53 Å². The van der Waals surface area contributed by atoms with Crippen LogP contribution in [0.1, 0.15) is 32.1 Å². The highest BCUT2D eigenvalue weighted by atomic mass is 16.5. The highest BCUT2D eigenvalue weighted by Gasteiger charge is 2.43. The average molecular weight is 321 g/mol. The Morgan fingerprint density at radius 2 is 2.04 bits per heavy atom. The van der Waals surface area contributed by atoms with Crippen LogP contribution in [0.15, 0.2) is 12.7 Å². The summed E-state index contributed by atoms with van der Waals surface area (Å²) in [6.45, 7) is 10.5. The molecule has 0 radical (unpaired) electrons. The molecule has 0 unspecified atom stereocenters. The van der Waals surface area contributed by atoms with Gasteiger partial charge >= 0.3 is 0 Å². The molecule has 3 saturated heterocycles. The van der Waals surface area contributed by atoms with Crippen molar-refractivity contribution in [3.63, 3.8) is 0 Å². The summed E-state index contributed by atoms with van der Waals surface area (Å²) in [5.74, 6) is 0.290. The third-order valence-corrected chi connectivity index (χ3v) is 6.09. The molecule has 23 heavy (non-hydrogen) atoms. The molecule has 0 aromatic heterocycles. The van der Waals surface area contributed by atoms with Gasteiger partial charge in [0.15, 0.2) is 0 Å². The van der Waals surface area contributed by atoms with Crippen LogP contribution in [0.5, 0.6) is 0 Å². The Labute approximate surface area is 140 Å². The summed E-state index contributed by atoms with van der Waals surface area (Å²) < 4.78 is 5.53. The van der Waals surface area contributed by atoms with E-state index in [1.165, 1.54) is 0 Å². The fraction of sp³-hybridized carbons (Fsp3) is 0.833. The molecule has 3 rings (SSSR count). The minimum Gasteiger partial charge on any atom is -0.381 e. The van der Waals surface area contributed by atoms with Crippen molar-refractivity contribution in [1.29, 1.82) is 0 Å². The van der Waals surface area contributed by atoms with E-state index in [2.05, 4.69) is 23.4 Å². The molecule has 130 valence electrons. The first-order valence-corrected chi connectivity index (χ1v) is 9.06. The van der Waals surface area contributed by atoms with Crippen molar-refractivity contribution >= 4 is 5.91 Å². The number of amides is 1. The van der Waals surface area contributed by atoms with Gasteiger partial charge in [-0.3, -0.25) is 14.6 Å². The van der Waals surface area contributed by atoms with E-state index < -0.39 is 0 Å². The number of hydrogen-bond acceptors (Lipinski definition) is 4. The van der Waals surface area contributed by atoms with Crippen LogP contribution in [0, 0.1) is 0 Å². The van der Waals surface area contributed by atoms with Crippen LogP contribution in [0.2, 0.25) is 0 Å². The Balaban J connectivity index is 1.70. The van der Waals surface area contributed by atoms with E-state index in [-0.39, 0.29) is 5.54 Å². The molecule has 1 atom stereocenters. The zero-order chi connectivity index (χ0) is 16.3. The van der Waals surface area contributed by atoms with E-state index in [1.807, 2.05) is 11.0 Å². The fourth-order valence-corrected chi connectivity index (χ4v) is 4.43. The largest absolute Gasteiger partial charge is 0.381 e. The topological polar surface area (TPSA) is 36.0 Å². The number of likely N-dealkylation sites (N-methyl/N-ethyl adjacent to an activating group) is 1. The van der Waals surface area contributed by atoms with E-state index in [0.29, 0.717) is 24.9 Å². The minimum absolute atomic E-state index is 0.155. The number of nitrogens with zero attached hydrogens (tertiary/aromatic N) is 3. The summed E-state index contributed by atoms with van der Waals surface area (Å²) >= 11 is 0. The van der Waals surface area contributed by atoms with Crippen LogP contribution in [0.3, 0.4) is 0 Å². The SMILES string of the molecule is C=CCN1CC[C@]2(CCC1=O)CN(C1CCOCC1)CCN2C. The van der Waals surface area contributed by atoms with Crippen molar-refractivity contribution in [1.82, 2.24) is 14.7 Å². The van der Waals surface area contributed by atoms with Crippen LogP contribution in [0.25, 0.3) is 0 Å². The lowest BCUT2D eigenvalue weighted by Gasteiger charge is -2.51. The van der Waals surface area contributed by atoms with Crippen molar-refractivity contribution in [2.45, 2.75) is 43.7 Å². The Bertz CT molecular complexity index is 436. The highest BCUT2D eigenvalue weighted by Crippen LogP contribution is 2.33. The molecule has 5 nitrogen and oxygen atoms in total. The normalized spacial score (nSPS) is 32.2. The number of likely N-dealkylation sites (tertiary alicyclic amines) is 1. The molecular weight excluding hydrogens is 290 g/mol. The summed E-state index contributed by atoms with van der Waals surface area (Å²) in [5, 5.41) is 0. The zero-order valence-electron chi connectivity index (χ0n) is 14.5. The zero-order valence-corrected chi connectivity index (χ0v) is 14.5. The summed E-state index contributed by atoms with van der Waals surface area (Å²) in [4.78, 5) is 19.5. The fourth-order valence-electron chi connectivity index (χ4n) is 4.43. The van der Waals surface area contributed by atoms with Gasteiger partial charge in [-0.1, -0.05) is 6.08 Å². The molecule has 5 heteroatoms. The molecule has 3 fully saturated rings. The van der Waals surface area contributed by atoms with Gasteiger partial charge in [0.05, 0.1) is 0 Å². The standard InChI is InChI=1S/C18H31N3O2/c1-3-9-20-10-8-18(7-4-17(20)22)15-21(12-11-19(18)2)16-5-13-23-14-6-16/h3,16H,1,4-15H2,2H3/t18-/m1/s1. The lowest BCUT2D eigenvalue weighted by atomic mass is 9.85. The van der Waals surface area contributed by atoms with Gasteiger partial charge < -0.3 is 9.64 Å². The molecule has 0 aromatic rings. The first kappa shape index (κ1) is 16.9. The van der Waals surface area contributed by atoms with Gasteiger partial charge in [0, 0.05) is 63.9 Å². The maximum atomic E-state index is 12.3. The van der Waals surface area contributed by atoms with Crippen LogP contribution < -0.4 is 0 Å². The van der Waals surface area contributed by atoms with Gasteiger partial charge in [0.25, 0.3) is 0 Å². The third kappa shape index (κ3) is 3.62. The summed E-state index contributed by atoms with van der Waals surface area (Å²) in [6.07, 6.45) is 6.87. The Hall–Kier alpha value is -0.910. The second-order valence-electron chi connectivity index (χ2n) is 7.34. The van der Waals surface area contributed by atoms with Crippen LogP contribution in [-0.2, 0) is 9.53 Å². The van der Waals surface area contributed by atoms with Crippen LogP contribution in [0.4, 0.5) is 0 Å². The highest BCUT2D eigenvalue weighted by molar-refractivity contribution is 5.76. The second kappa shape index (κ2) is 7.32. The quantitative estimate of drug-likeness (QED) is 0.735. The molecule has 0 N–H and O–H groups in total. The van der Waals surface area contributed by atoms with E-state index in [1.54, 1.807) is 0 Å². The average Bonchev–Trinajstić information content (AvgIpc) is 2.73. The van der Waals surface area contributed by atoms with Gasteiger partial charge in [0.2, 0.25) is 5.91 Å². The number of carbonyl (C=O) groups is 1. The van der Waals surface area contributed by atoms with Gasteiger partial charge in [0.1, 0.15) is 0 Å². The molecule has 1 spiro atoms. The van der Waals surface area contributed by atoms with Gasteiger partial charge in [-0.2, -0.15) is 0 Å². The van der Waals surface area contributed by atoms with Crippen molar-refractivity contribution in [2.24, 2.45) is 0 Å². The monoisotopic (exact) mass is 321 g/mol. The minimum atomic E-state index is 0.155. The van der Waals surface area contributed by atoms with Gasteiger partial charge in [-0.25, -0.2) is 0 Å². The molecule has 3 aliphatic heterocycles. The van der Waals surface area contributed by atoms with Crippen LogP contribution in [-0.4, -0.2) is 85.2 Å². The maximum Gasteiger partial charge on any atom is 0.222 e. The van der Waals surface area contributed by atoms with Crippen molar-refractivity contribution in [2.75, 3.05) is 53.0 Å². The first-order chi connectivity index (χ1) is 11.1. The summed E-state index contributed by atoms with van der Waals surface area (Å²) in [5.41, 5.74) is 0.155. The Morgan fingerprint density at radius 3 is 2.78 bits per heavy atom. The molecule has 0 bridgehead atoms. The van der Waals surface area contributed by atoms with Gasteiger partial charge in [-0.15, -0.1) is 6.58 Å². The maximum absolute atomic E-state index is 12.3. The molecule has 3 aliphatic rings. The van der Waals surface area contributed by atoms with Crippen molar-refractivity contribution in [3.05, 3.63) is 12.7 Å². The number of ether oxygens (including phenoxy) is 1. The molecule has 1 amide bonds. The lowest BCUT2D eigenvalue weighted by Crippen LogP contribution is -2.63. The smallest absolute Gasteiger partial charge is 0.222 e. The van der Waals surface area contributed by atoms with E-state index >= 15 is 0 Å². The predicted octanol–water partition coefficient (Wildman–Crippen LogP) is 1.35. The molecule has 0 aliphatic carbocycles. The van der Waals surface area contributed by atoms with Crippen molar-refractivity contribution in [3.8, 4) is 0 Å². The number of rotatable bonds is 3. The number of hydrogen-bond donors (Lipinski definition) is 0. The van der Waals surface area contributed by atoms with Gasteiger partial charge in [-0.05, 0) is 32.7 Å². The lowest BCUT2D eigenvalue weighted by molar-refractivity contribution is -0.130.